The molecule has 0 aromatic carbocycles. The van der Waals surface area contributed by atoms with Crippen molar-refractivity contribution in [3.8, 4) is 0 Å². The zero-order chi connectivity index (χ0) is 12.7. The number of H-pyrrole nitrogens is 1. The predicted molar refractivity (Wildman–Crippen MR) is 68.9 cm³/mol. The van der Waals surface area contributed by atoms with Crippen molar-refractivity contribution in [1.82, 2.24) is 19.6 Å². The predicted octanol–water partition coefficient (Wildman–Crippen LogP) is 1.11. The van der Waals surface area contributed by atoms with Gasteiger partial charge in [-0.1, -0.05) is 6.92 Å². The van der Waals surface area contributed by atoms with Crippen molar-refractivity contribution in [2.75, 3.05) is 11.9 Å². The zero-order valence-corrected chi connectivity index (χ0v) is 10.7. The quantitative estimate of drug-likeness (QED) is 0.848. The molecule has 1 saturated carbocycles. The van der Waals surface area contributed by atoms with E-state index in [1.54, 1.807) is 0 Å². The molecule has 2 N–H and O–H groups in total. The summed E-state index contributed by atoms with van der Waals surface area (Å²) in [6.07, 6.45) is 3.37. The molecular weight excluding hydrogens is 230 g/mol. The van der Waals surface area contributed by atoms with Gasteiger partial charge in [0.15, 0.2) is 5.65 Å². The number of aromatic nitrogens is 4. The van der Waals surface area contributed by atoms with E-state index in [1.165, 1.54) is 17.2 Å². The molecule has 0 atom stereocenters. The maximum Gasteiger partial charge on any atom is 0.350 e. The van der Waals surface area contributed by atoms with Crippen LogP contribution in [0.15, 0.2) is 4.79 Å². The van der Waals surface area contributed by atoms with Crippen LogP contribution in [0.1, 0.15) is 31.0 Å². The Kier molecular flexibility index (Phi) is 2.57. The smallest absolute Gasteiger partial charge is 0.350 e. The van der Waals surface area contributed by atoms with Crippen molar-refractivity contribution in [3.05, 3.63) is 21.7 Å². The van der Waals surface area contributed by atoms with Crippen LogP contribution in [0.25, 0.3) is 5.65 Å². The third-order valence-electron chi connectivity index (χ3n) is 3.47. The lowest BCUT2D eigenvalue weighted by atomic mass is 10.2. The van der Waals surface area contributed by atoms with E-state index in [1.807, 2.05) is 6.92 Å². The number of rotatable bonds is 4. The summed E-state index contributed by atoms with van der Waals surface area (Å²) in [7, 11) is 0. The van der Waals surface area contributed by atoms with Crippen molar-refractivity contribution in [3.63, 3.8) is 0 Å². The van der Waals surface area contributed by atoms with Crippen LogP contribution in [0.2, 0.25) is 0 Å². The molecule has 2 aromatic heterocycles. The summed E-state index contributed by atoms with van der Waals surface area (Å²) in [5.74, 6) is 1.34. The largest absolute Gasteiger partial charge is 0.355 e. The third kappa shape index (κ3) is 1.77. The molecule has 0 saturated heterocycles. The van der Waals surface area contributed by atoms with Crippen molar-refractivity contribution in [2.45, 2.75) is 33.1 Å². The van der Waals surface area contributed by atoms with Crippen LogP contribution in [-0.2, 0) is 6.42 Å². The second-order valence-corrected chi connectivity index (χ2v) is 4.87. The highest BCUT2D eigenvalue weighted by atomic mass is 16.1. The summed E-state index contributed by atoms with van der Waals surface area (Å²) in [6, 6.07) is 0. The van der Waals surface area contributed by atoms with E-state index in [0.29, 0.717) is 11.6 Å². The summed E-state index contributed by atoms with van der Waals surface area (Å²) in [6.45, 7) is 4.89. The molecule has 1 fully saturated rings. The van der Waals surface area contributed by atoms with Gasteiger partial charge in [0.2, 0.25) is 5.95 Å². The molecule has 3 rings (SSSR count). The normalized spacial score (nSPS) is 15.2. The van der Waals surface area contributed by atoms with Crippen molar-refractivity contribution >= 4 is 11.6 Å². The second kappa shape index (κ2) is 4.12. The minimum absolute atomic E-state index is 0.235. The third-order valence-corrected chi connectivity index (χ3v) is 3.47. The topological polar surface area (TPSA) is 75.1 Å². The molecule has 0 radical (unpaired) electrons. The average molecular weight is 247 g/mol. The van der Waals surface area contributed by atoms with Crippen LogP contribution in [-0.4, -0.2) is 26.1 Å². The molecule has 2 aromatic rings. The number of hydrogen-bond acceptors (Lipinski definition) is 4. The highest BCUT2D eigenvalue weighted by molar-refractivity contribution is 5.53. The molecule has 0 amide bonds. The van der Waals surface area contributed by atoms with Gasteiger partial charge in [-0.2, -0.15) is 5.10 Å². The fourth-order valence-electron chi connectivity index (χ4n) is 2.16. The highest BCUT2D eigenvalue weighted by Crippen LogP contribution is 2.28. The molecular formula is C12H17N5O. The Morgan fingerprint density at radius 2 is 2.28 bits per heavy atom. The van der Waals surface area contributed by atoms with Crippen molar-refractivity contribution in [2.24, 2.45) is 5.92 Å². The molecule has 6 heteroatoms. The fraction of sp³-hybridized carbons (Fsp3) is 0.583. The summed E-state index contributed by atoms with van der Waals surface area (Å²) in [4.78, 5) is 16.3. The number of fused-ring (bicyclic) bond motifs is 1. The Morgan fingerprint density at radius 1 is 1.50 bits per heavy atom. The molecule has 2 heterocycles. The molecule has 6 nitrogen and oxygen atoms in total. The number of anilines is 1. The Balaban J connectivity index is 2.11. The zero-order valence-electron chi connectivity index (χ0n) is 10.7. The SMILES string of the molecule is CCc1nc(NCC2CC2)n2c(=O)[nH]nc2c1C. The molecule has 0 bridgehead atoms. The second-order valence-electron chi connectivity index (χ2n) is 4.87. The van der Waals surface area contributed by atoms with E-state index in [4.69, 9.17) is 0 Å². The molecule has 1 aliphatic rings. The van der Waals surface area contributed by atoms with Crippen LogP contribution < -0.4 is 11.0 Å². The van der Waals surface area contributed by atoms with E-state index in [-0.39, 0.29) is 5.69 Å². The first kappa shape index (κ1) is 11.3. The summed E-state index contributed by atoms with van der Waals surface area (Å²) >= 11 is 0. The van der Waals surface area contributed by atoms with E-state index in [9.17, 15) is 4.79 Å². The summed E-state index contributed by atoms with van der Waals surface area (Å²) in [5, 5.41) is 9.84. The number of aromatic amines is 1. The maximum absolute atomic E-state index is 11.8. The van der Waals surface area contributed by atoms with Crippen LogP contribution in [0, 0.1) is 12.8 Å². The van der Waals surface area contributed by atoms with E-state index >= 15 is 0 Å². The average Bonchev–Trinajstić information content (AvgIpc) is 3.12. The van der Waals surface area contributed by atoms with Gasteiger partial charge in [0.1, 0.15) is 0 Å². The van der Waals surface area contributed by atoms with Gasteiger partial charge in [0.25, 0.3) is 0 Å². The van der Waals surface area contributed by atoms with Gasteiger partial charge in [-0.25, -0.2) is 19.3 Å². The Labute approximate surface area is 104 Å². The van der Waals surface area contributed by atoms with Gasteiger partial charge in [-0.3, -0.25) is 0 Å². The molecule has 0 unspecified atom stereocenters. The van der Waals surface area contributed by atoms with E-state index < -0.39 is 0 Å². The number of nitrogens with one attached hydrogen (secondary N) is 2. The Bertz CT molecular complexity index is 638. The van der Waals surface area contributed by atoms with Crippen molar-refractivity contribution in [1.29, 1.82) is 0 Å². The lowest BCUT2D eigenvalue weighted by Crippen LogP contribution is -2.19. The van der Waals surface area contributed by atoms with Crippen LogP contribution in [0.4, 0.5) is 5.95 Å². The molecule has 18 heavy (non-hydrogen) atoms. The minimum Gasteiger partial charge on any atom is -0.355 e. The van der Waals surface area contributed by atoms with Gasteiger partial charge < -0.3 is 5.32 Å². The van der Waals surface area contributed by atoms with Gasteiger partial charge in [-0.15, -0.1) is 0 Å². The highest BCUT2D eigenvalue weighted by Gasteiger charge is 2.22. The Hall–Kier alpha value is -1.85. The monoisotopic (exact) mass is 247 g/mol. The first-order chi connectivity index (χ1) is 8.70. The van der Waals surface area contributed by atoms with Crippen LogP contribution in [0.5, 0.6) is 0 Å². The standard InChI is InChI=1S/C12H17N5O/c1-3-9-7(2)10-15-16-12(18)17(10)11(14-9)13-6-8-4-5-8/h8H,3-6H2,1-2H3,(H,13,14)(H,16,18). The molecule has 0 spiro atoms. The first-order valence-electron chi connectivity index (χ1n) is 6.41. The van der Waals surface area contributed by atoms with Gasteiger partial charge >= 0.3 is 5.69 Å². The van der Waals surface area contributed by atoms with E-state index in [2.05, 4.69) is 27.4 Å². The number of hydrogen-bond donors (Lipinski definition) is 2. The fourth-order valence-corrected chi connectivity index (χ4v) is 2.16. The van der Waals surface area contributed by atoms with Crippen LogP contribution in [0.3, 0.4) is 0 Å². The molecule has 1 aliphatic carbocycles. The maximum atomic E-state index is 11.8. The summed E-state index contributed by atoms with van der Waals surface area (Å²) in [5.41, 5.74) is 2.39. The Morgan fingerprint density at radius 3 is 2.94 bits per heavy atom. The van der Waals surface area contributed by atoms with E-state index in [0.717, 1.165) is 30.1 Å². The lowest BCUT2D eigenvalue weighted by Gasteiger charge is -2.10. The number of nitrogens with zero attached hydrogens (tertiary/aromatic N) is 3. The van der Waals surface area contributed by atoms with Gasteiger partial charge in [-0.05, 0) is 32.1 Å². The molecule has 96 valence electrons. The first-order valence-corrected chi connectivity index (χ1v) is 6.41. The lowest BCUT2D eigenvalue weighted by molar-refractivity contribution is 0.850. The van der Waals surface area contributed by atoms with Gasteiger partial charge in [0, 0.05) is 12.1 Å². The van der Waals surface area contributed by atoms with Crippen molar-refractivity contribution < 1.29 is 0 Å². The molecule has 0 aliphatic heterocycles. The minimum atomic E-state index is -0.235. The summed E-state index contributed by atoms with van der Waals surface area (Å²) < 4.78 is 1.52. The number of aryl methyl sites for hydroxylation is 2. The van der Waals surface area contributed by atoms with Gasteiger partial charge in [0.05, 0.1) is 5.69 Å². The van der Waals surface area contributed by atoms with Crippen LogP contribution >= 0.6 is 0 Å².